The summed E-state index contributed by atoms with van der Waals surface area (Å²) in [5.41, 5.74) is 2.06. The molecule has 1 aliphatic carbocycles. The van der Waals surface area contributed by atoms with Crippen molar-refractivity contribution in [3.05, 3.63) is 41.4 Å². The van der Waals surface area contributed by atoms with Crippen molar-refractivity contribution in [2.45, 2.75) is 37.6 Å². The maximum absolute atomic E-state index is 6.12. The monoisotopic (exact) mass is 336 g/mol. The molecule has 1 heterocycles. The third kappa shape index (κ3) is 3.72. The van der Waals surface area contributed by atoms with Crippen molar-refractivity contribution in [2.75, 3.05) is 14.2 Å². The molecule has 0 unspecified atom stereocenters. The molecular formula is C16H21ClN4O2. The molecule has 23 heavy (non-hydrogen) atoms. The van der Waals surface area contributed by atoms with Crippen molar-refractivity contribution in [1.82, 2.24) is 20.1 Å². The number of nitrogens with one attached hydrogen (secondary N) is 1. The number of hydrogen-bond acceptors (Lipinski definition) is 5. The predicted octanol–water partition coefficient (Wildman–Crippen LogP) is 2.20. The second kappa shape index (κ2) is 7.40. The number of rotatable bonds is 6. The highest BCUT2D eigenvalue weighted by molar-refractivity contribution is 6.30. The summed E-state index contributed by atoms with van der Waals surface area (Å²) in [6, 6.07) is 6.17. The molecular weight excluding hydrogens is 316 g/mol. The van der Waals surface area contributed by atoms with Crippen LogP contribution in [0.1, 0.15) is 18.4 Å². The molecule has 124 valence electrons. The molecule has 1 aliphatic rings. The fourth-order valence-corrected chi connectivity index (χ4v) is 3.28. The Morgan fingerprint density at radius 1 is 1.26 bits per heavy atom. The van der Waals surface area contributed by atoms with Gasteiger partial charge in [0.1, 0.15) is 12.7 Å². The van der Waals surface area contributed by atoms with Gasteiger partial charge in [-0.2, -0.15) is 5.10 Å². The lowest BCUT2D eigenvalue weighted by molar-refractivity contribution is -0.0157. The van der Waals surface area contributed by atoms with Crippen LogP contribution in [-0.4, -0.2) is 47.2 Å². The summed E-state index contributed by atoms with van der Waals surface area (Å²) >= 11 is 6.12. The van der Waals surface area contributed by atoms with Gasteiger partial charge in [0.05, 0.1) is 17.9 Å². The van der Waals surface area contributed by atoms with Gasteiger partial charge in [0.2, 0.25) is 0 Å². The molecule has 6 nitrogen and oxygen atoms in total. The first-order valence-corrected chi connectivity index (χ1v) is 8.01. The number of ether oxygens (including phenoxy) is 2. The highest BCUT2D eigenvalue weighted by atomic mass is 35.5. The topological polar surface area (TPSA) is 61.2 Å². The van der Waals surface area contributed by atoms with Gasteiger partial charge >= 0.3 is 0 Å². The first-order chi connectivity index (χ1) is 11.2. The summed E-state index contributed by atoms with van der Waals surface area (Å²) in [7, 11) is 3.47. The third-order valence-electron chi connectivity index (χ3n) is 4.35. The second-order valence-electron chi connectivity index (χ2n) is 5.71. The van der Waals surface area contributed by atoms with Gasteiger partial charge in [-0.15, -0.1) is 0 Å². The minimum absolute atomic E-state index is 0.150. The van der Waals surface area contributed by atoms with Gasteiger partial charge in [0.25, 0.3) is 0 Å². The summed E-state index contributed by atoms with van der Waals surface area (Å²) in [5.74, 6) is 0. The number of nitrogens with zero attached hydrogens (tertiary/aromatic N) is 3. The fourth-order valence-electron chi connectivity index (χ4n) is 3.11. The summed E-state index contributed by atoms with van der Waals surface area (Å²) in [4.78, 5) is 4.00. The SMILES string of the molecule is CO[C@@H]1CC(NCc2ccc(Cl)cc2-n2cncn2)C[C@H]1OC. The average Bonchev–Trinajstić information content (AvgIpc) is 3.22. The molecule has 1 aromatic carbocycles. The maximum atomic E-state index is 6.12. The van der Waals surface area contributed by atoms with Crippen molar-refractivity contribution in [2.24, 2.45) is 0 Å². The summed E-state index contributed by atoms with van der Waals surface area (Å²) in [6.07, 6.45) is 5.38. The van der Waals surface area contributed by atoms with Crippen molar-refractivity contribution in [1.29, 1.82) is 0 Å². The largest absolute Gasteiger partial charge is 0.379 e. The van der Waals surface area contributed by atoms with E-state index in [9.17, 15) is 0 Å². The van der Waals surface area contributed by atoms with Gasteiger partial charge in [0, 0.05) is 31.8 Å². The number of methoxy groups -OCH3 is 2. The Morgan fingerprint density at radius 2 is 2.00 bits per heavy atom. The highest BCUT2D eigenvalue weighted by Crippen LogP contribution is 2.26. The van der Waals surface area contributed by atoms with E-state index in [1.807, 2.05) is 18.2 Å². The Morgan fingerprint density at radius 3 is 2.61 bits per heavy atom. The summed E-state index contributed by atoms with van der Waals surface area (Å²) < 4.78 is 12.7. The molecule has 1 fully saturated rings. The minimum atomic E-state index is 0.150. The lowest BCUT2D eigenvalue weighted by Crippen LogP contribution is -2.27. The van der Waals surface area contributed by atoms with Gasteiger partial charge in [-0.25, -0.2) is 9.67 Å². The number of hydrogen-bond donors (Lipinski definition) is 1. The van der Waals surface area contributed by atoms with Crippen molar-refractivity contribution >= 4 is 11.6 Å². The lowest BCUT2D eigenvalue weighted by Gasteiger charge is -2.15. The molecule has 0 bridgehead atoms. The number of benzene rings is 1. The van der Waals surface area contributed by atoms with E-state index >= 15 is 0 Å². The zero-order valence-electron chi connectivity index (χ0n) is 13.3. The van der Waals surface area contributed by atoms with Crippen LogP contribution in [0.2, 0.25) is 5.02 Å². The van der Waals surface area contributed by atoms with Crippen LogP contribution in [0.4, 0.5) is 0 Å². The second-order valence-corrected chi connectivity index (χ2v) is 6.15. The van der Waals surface area contributed by atoms with E-state index in [-0.39, 0.29) is 12.2 Å². The Balaban J connectivity index is 1.70. The first-order valence-electron chi connectivity index (χ1n) is 7.63. The standard InChI is InChI=1S/C16H21ClN4O2/c1-22-15-6-13(7-16(15)23-2)19-8-11-3-4-12(17)5-14(11)21-10-18-9-20-21/h3-5,9-10,13,15-16,19H,6-8H2,1-2H3/t15-,16-/m1/s1. The molecule has 0 radical (unpaired) electrons. The van der Waals surface area contributed by atoms with Crippen LogP contribution >= 0.6 is 11.6 Å². The van der Waals surface area contributed by atoms with E-state index < -0.39 is 0 Å². The molecule has 0 saturated heterocycles. The first kappa shape index (κ1) is 16.4. The molecule has 1 aromatic heterocycles. The number of aromatic nitrogens is 3. The minimum Gasteiger partial charge on any atom is -0.379 e. The Hall–Kier alpha value is -1.47. The highest BCUT2D eigenvalue weighted by Gasteiger charge is 2.34. The molecule has 0 spiro atoms. The predicted molar refractivity (Wildman–Crippen MR) is 87.8 cm³/mol. The zero-order chi connectivity index (χ0) is 16.2. The van der Waals surface area contributed by atoms with Crippen molar-refractivity contribution < 1.29 is 9.47 Å². The molecule has 7 heteroatoms. The fraction of sp³-hybridized carbons (Fsp3) is 0.500. The summed E-state index contributed by atoms with van der Waals surface area (Å²) in [5, 5.41) is 8.46. The molecule has 2 aromatic rings. The molecule has 0 aliphatic heterocycles. The molecule has 2 atom stereocenters. The van der Waals surface area contributed by atoms with Crippen molar-refractivity contribution in [3.8, 4) is 5.69 Å². The van der Waals surface area contributed by atoms with Crippen LogP contribution in [0.3, 0.4) is 0 Å². The van der Waals surface area contributed by atoms with Gasteiger partial charge in [-0.3, -0.25) is 0 Å². The van der Waals surface area contributed by atoms with Crippen LogP contribution in [0.25, 0.3) is 5.69 Å². The third-order valence-corrected chi connectivity index (χ3v) is 4.58. The van der Waals surface area contributed by atoms with Gasteiger partial charge in [0.15, 0.2) is 0 Å². The van der Waals surface area contributed by atoms with E-state index in [4.69, 9.17) is 21.1 Å². The molecule has 3 rings (SSSR count). The van der Waals surface area contributed by atoms with Crippen LogP contribution in [0.5, 0.6) is 0 Å². The van der Waals surface area contributed by atoms with Crippen molar-refractivity contribution in [3.63, 3.8) is 0 Å². The number of halogens is 1. The van der Waals surface area contributed by atoms with E-state index in [2.05, 4.69) is 15.4 Å². The zero-order valence-corrected chi connectivity index (χ0v) is 14.0. The molecule has 0 amide bonds. The lowest BCUT2D eigenvalue weighted by atomic mass is 10.1. The van der Waals surface area contributed by atoms with Gasteiger partial charge in [-0.05, 0) is 30.5 Å². The van der Waals surface area contributed by atoms with Crippen LogP contribution in [-0.2, 0) is 16.0 Å². The van der Waals surface area contributed by atoms with Gasteiger partial charge in [-0.1, -0.05) is 17.7 Å². The van der Waals surface area contributed by atoms with Crippen LogP contribution in [0.15, 0.2) is 30.9 Å². The molecule has 1 N–H and O–H groups in total. The van der Waals surface area contributed by atoms with Crippen LogP contribution in [0, 0.1) is 0 Å². The Kier molecular flexibility index (Phi) is 5.27. The Bertz CT molecular complexity index is 623. The normalized spacial score (nSPS) is 21.9. The van der Waals surface area contributed by atoms with Gasteiger partial charge < -0.3 is 14.8 Å². The van der Waals surface area contributed by atoms with E-state index in [1.165, 1.54) is 6.33 Å². The Labute approximate surface area is 140 Å². The summed E-state index contributed by atoms with van der Waals surface area (Å²) in [6.45, 7) is 0.726. The quantitative estimate of drug-likeness (QED) is 0.876. The average molecular weight is 337 g/mol. The van der Waals surface area contributed by atoms with E-state index in [0.717, 1.165) is 30.6 Å². The van der Waals surface area contributed by atoms with Crippen LogP contribution < -0.4 is 5.32 Å². The smallest absolute Gasteiger partial charge is 0.138 e. The molecule has 1 saturated carbocycles. The van der Waals surface area contributed by atoms with E-state index in [0.29, 0.717) is 11.1 Å². The maximum Gasteiger partial charge on any atom is 0.138 e. The van der Waals surface area contributed by atoms with E-state index in [1.54, 1.807) is 25.2 Å².